The highest BCUT2D eigenvalue weighted by Gasteiger charge is 2.25. The van der Waals surface area contributed by atoms with Gasteiger partial charge in [0.1, 0.15) is 0 Å². The van der Waals surface area contributed by atoms with Crippen LogP contribution >= 0.6 is 11.6 Å². The van der Waals surface area contributed by atoms with Crippen LogP contribution in [-0.4, -0.2) is 25.6 Å². The Morgan fingerprint density at radius 3 is 2.73 bits per heavy atom. The Labute approximate surface area is 156 Å². The van der Waals surface area contributed by atoms with E-state index in [1.54, 1.807) is 18.2 Å². The molecule has 0 N–H and O–H groups in total. The van der Waals surface area contributed by atoms with Crippen molar-refractivity contribution < 1.29 is 19.0 Å². The number of hydrogen-bond acceptors (Lipinski definition) is 5. The van der Waals surface area contributed by atoms with Gasteiger partial charge in [0, 0.05) is 5.56 Å². The van der Waals surface area contributed by atoms with Gasteiger partial charge in [0.25, 0.3) is 0 Å². The third kappa shape index (κ3) is 3.58. The number of carbonyl (C=O) groups is 1. The molecule has 1 aliphatic heterocycles. The molecule has 0 saturated carbocycles. The molecule has 26 heavy (non-hydrogen) atoms. The van der Waals surface area contributed by atoms with Crippen molar-refractivity contribution in [3.05, 3.63) is 63.8 Å². The van der Waals surface area contributed by atoms with Crippen LogP contribution in [0.15, 0.2) is 47.1 Å². The lowest BCUT2D eigenvalue weighted by Crippen LogP contribution is -2.06. The summed E-state index contributed by atoms with van der Waals surface area (Å²) < 4.78 is 16.1. The van der Waals surface area contributed by atoms with E-state index in [9.17, 15) is 4.79 Å². The predicted molar refractivity (Wildman–Crippen MR) is 101 cm³/mol. The van der Waals surface area contributed by atoms with Crippen LogP contribution in [-0.2, 0) is 9.53 Å². The number of cyclic esters (lactones) is 1. The summed E-state index contributed by atoms with van der Waals surface area (Å²) in [5.41, 5.74) is 2.63. The van der Waals surface area contributed by atoms with Crippen molar-refractivity contribution in [2.75, 3.05) is 13.7 Å². The number of benzene rings is 2. The van der Waals surface area contributed by atoms with E-state index < -0.39 is 5.97 Å². The second-order valence-corrected chi connectivity index (χ2v) is 6.03. The first kappa shape index (κ1) is 18.0. The largest absolute Gasteiger partial charge is 0.493 e. The Balaban J connectivity index is 1.98. The van der Waals surface area contributed by atoms with Gasteiger partial charge in [-0.15, -0.1) is 0 Å². The molecular weight excluding hydrogens is 354 g/mol. The van der Waals surface area contributed by atoms with Crippen LogP contribution in [0, 0.1) is 6.92 Å². The summed E-state index contributed by atoms with van der Waals surface area (Å²) in [6.45, 7) is 4.26. The Bertz CT molecular complexity index is 918. The van der Waals surface area contributed by atoms with Gasteiger partial charge in [0.15, 0.2) is 17.2 Å². The molecule has 0 fully saturated rings. The van der Waals surface area contributed by atoms with Crippen molar-refractivity contribution >= 4 is 29.5 Å². The van der Waals surface area contributed by atoms with Gasteiger partial charge < -0.3 is 14.2 Å². The highest BCUT2D eigenvalue weighted by atomic mass is 35.5. The zero-order valence-corrected chi connectivity index (χ0v) is 15.5. The molecule has 0 aliphatic carbocycles. The van der Waals surface area contributed by atoms with Crippen molar-refractivity contribution in [3.8, 4) is 11.5 Å². The Hall–Kier alpha value is -2.79. The third-order valence-corrected chi connectivity index (χ3v) is 4.12. The number of rotatable bonds is 5. The smallest absolute Gasteiger partial charge is 0.363 e. The van der Waals surface area contributed by atoms with Gasteiger partial charge in [-0.3, -0.25) is 0 Å². The highest BCUT2D eigenvalue weighted by molar-refractivity contribution is 6.32. The molecule has 3 rings (SSSR count). The lowest BCUT2D eigenvalue weighted by Gasteiger charge is -2.11. The van der Waals surface area contributed by atoms with Crippen molar-refractivity contribution in [2.45, 2.75) is 13.8 Å². The van der Waals surface area contributed by atoms with Crippen LogP contribution in [0.4, 0.5) is 0 Å². The summed E-state index contributed by atoms with van der Waals surface area (Å²) in [4.78, 5) is 16.5. The first-order chi connectivity index (χ1) is 12.5. The first-order valence-electron chi connectivity index (χ1n) is 8.12. The highest BCUT2D eigenvalue weighted by Crippen LogP contribution is 2.37. The lowest BCUT2D eigenvalue weighted by atomic mass is 10.1. The SMILES string of the molecule is CCOc1c(Cl)cc(/C=C2\N=C(c3ccccc3C)OC2=O)cc1OC. The summed E-state index contributed by atoms with van der Waals surface area (Å²) in [6.07, 6.45) is 1.61. The molecule has 134 valence electrons. The second-order valence-electron chi connectivity index (χ2n) is 5.62. The molecule has 5 nitrogen and oxygen atoms in total. The monoisotopic (exact) mass is 371 g/mol. The molecule has 2 aromatic rings. The van der Waals surface area contributed by atoms with E-state index in [-0.39, 0.29) is 5.70 Å². The number of carbonyl (C=O) groups excluding carboxylic acids is 1. The molecule has 0 atom stereocenters. The van der Waals surface area contributed by atoms with E-state index in [4.69, 9.17) is 25.8 Å². The minimum atomic E-state index is -0.507. The summed E-state index contributed by atoms with van der Waals surface area (Å²) in [5.74, 6) is 0.744. The molecule has 0 bridgehead atoms. The number of methoxy groups -OCH3 is 1. The van der Waals surface area contributed by atoms with Crippen molar-refractivity contribution in [3.63, 3.8) is 0 Å². The minimum absolute atomic E-state index is 0.200. The van der Waals surface area contributed by atoms with Gasteiger partial charge in [0.05, 0.1) is 18.7 Å². The molecule has 0 spiro atoms. The molecular formula is C20H18ClNO4. The maximum atomic E-state index is 12.2. The average Bonchev–Trinajstić information content (AvgIpc) is 2.98. The standard InChI is InChI=1S/C20H18ClNO4/c1-4-25-18-15(21)9-13(11-17(18)24-3)10-16-20(23)26-19(22-16)14-8-6-5-7-12(14)2/h5-11H,4H2,1-3H3/b16-10-. The van der Waals surface area contributed by atoms with Gasteiger partial charge in [0.2, 0.25) is 5.90 Å². The number of ether oxygens (including phenoxy) is 3. The zero-order chi connectivity index (χ0) is 18.7. The number of esters is 1. The van der Waals surface area contributed by atoms with Gasteiger partial charge in [-0.25, -0.2) is 9.79 Å². The van der Waals surface area contributed by atoms with E-state index in [0.29, 0.717) is 34.6 Å². The molecule has 0 amide bonds. The summed E-state index contributed by atoms with van der Waals surface area (Å²) in [5, 5.41) is 0.396. The molecule has 2 aromatic carbocycles. The summed E-state index contributed by atoms with van der Waals surface area (Å²) in [6, 6.07) is 11.0. The number of aryl methyl sites for hydroxylation is 1. The number of hydrogen-bond donors (Lipinski definition) is 0. The number of halogens is 1. The average molecular weight is 372 g/mol. The first-order valence-corrected chi connectivity index (χ1v) is 8.50. The maximum absolute atomic E-state index is 12.2. The van der Waals surface area contributed by atoms with Gasteiger partial charge in [-0.1, -0.05) is 29.8 Å². The van der Waals surface area contributed by atoms with Crippen molar-refractivity contribution in [2.24, 2.45) is 4.99 Å². The lowest BCUT2D eigenvalue weighted by molar-refractivity contribution is -0.129. The minimum Gasteiger partial charge on any atom is -0.493 e. The van der Waals surface area contributed by atoms with E-state index in [2.05, 4.69) is 4.99 Å². The summed E-state index contributed by atoms with van der Waals surface area (Å²) >= 11 is 6.27. The van der Waals surface area contributed by atoms with Crippen LogP contribution in [0.2, 0.25) is 5.02 Å². The van der Waals surface area contributed by atoms with Crippen molar-refractivity contribution in [1.82, 2.24) is 0 Å². The van der Waals surface area contributed by atoms with Crippen LogP contribution < -0.4 is 9.47 Å². The van der Waals surface area contributed by atoms with E-state index in [0.717, 1.165) is 11.1 Å². The Kier molecular flexibility index (Phi) is 5.28. The predicted octanol–water partition coefficient (Wildman–Crippen LogP) is 4.40. The second kappa shape index (κ2) is 7.62. The quantitative estimate of drug-likeness (QED) is 0.577. The fourth-order valence-electron chi connectivity index (χ4n) is 2.60. The summed E-state index contributed by atoms with van der Waals surface area (Å²) in [7, 11) is 1.53. The molecule has 6 heteroatoms. The number of nitrogens with zero attached hydrogens (tertiary/aromatic N) is 1. The van der Waals surface area contributed by atoms with E-state index in [1.807, 2.05) is 38.1 Å². The zero-order valence-electron chi connectivity index (χ0n) is 14.7. The van der Waals surface area contributed by atoms with Gasteiger partial charge in [-0.05, 0) is 49.2 Å². The normalized spacial score (nSPS) is 15.0. The molecule has 0 aromatic heterocycles. The molecule has 1 heterocycles. The fraction of sp³-hybridized carbons (Fsp3) is 0.200. The van der Waals surface area contributed by atoms with Gasteiger partial charge >= 0.3 is 5.97 Å². The molecule has 0 saturated heterocycles. The number of aliphatic imine (C=N–C) groups is 1. The van der Waals surface area contributed by atoms with Crippen molar-refractivity contribution in [1.29, 1.82) is 0 Å². The van der Waals surface area contributed by atoms with E-state index >= 15 is 0 Å². The molecule has 0 unspecified atom stereocenters. The van der Waals surface area contributed by atoms with Gasteiger partial charge in [-0.2, -0.15) is 0 Å². The Morgan fingerprint density at radius 2 is 2.04 bits per heavy atom. The third-order valence-electron chi connectivity index (χ3n) is 3.84. The Morgan fingerprint density at radius 1 is 1.27 bits per heavy atom. The van der Waals surface area contributed by atoms with E-state index in [1.165, 1.54) is 7.11 Å². The topological polar surface area (TPSA) is 57.1 Å². The molecule has 0 radical (unpaired) electrons. The van der Waals surface area contributed by atoms with Crippen LogP contribution in [0.5, 0.6) is 11.5 Å². The van der Waals surface area contributed by atoms with Crippen LogP contribution in [0.1, 0.15) is 23.6 Å². The maximum Gasteiger partial charge on any atom is 0.363 e. The van der Waals surface area contributed by atoms with Crippen LogP contribution in [0.25, 0.3) is 6.08 Å². The molecule has 1 aliphatic rings. The van der Waals surface area contributed by atoms with Crippen LogP contribution in [0.3, 0.4) is 0 Å². The fourth-order valence-corrected chi connectivity index (χ4v) is 2.88.